The third-order valence-corrected chi connectivity index (χ3v) is 6.62. The number of pyridine rings is 2. The summed E-state index contributed by atoms with van der Waals surface area (Å²) in [6.07, 6.45) is 3.88. The molecule has 0 radical (unpaired) electrons. The van der Waals surface area contributed by atoms with Gasteiger partial charge in [0.25, 0.3) is 11.5 Å². The lowest BCUT2D eigenvalue weighted by molar-refractivity contribution is 0.0933. The van der Waals surface area contributed by atoms with Gasteiger partial charge in [0.15, 0.2) is 11.5 Å². The van der Waals surface area contributed by atoms with Crippen molar-refractivity contribution in [1.29, 1.82) is 5.41 Å². The molecule has 0 bridgehead atoms. The number of aromatic nitrogens is 3. The smallest absolute Gasteiger partial charge is 0.267 e. The van der Waals surface area contributed by atoms with Crippen LogP contribution in [0, 0.1) is 5.41 Å². The molecule has 0 spiro atoms. The van der Waals surface area contributed by atoms with Crippen LogP contribution in [-0.4, -0.2) is 53.3 Å². The first-order chi connectivity index (χ1) is 18.0. The minimum atomic E-state index is -0.425. The molecule has 1 aromatic carbocycles. The molecule has 37 heavy (non-hydrogen) atoms. The van der Waals surface area contributed by atoms with Gasteiger partial charge in [-0.15, -0.1) is 0 Å². The number of fused-ring (bicyclic) bond motifs is 2. The van der Waals surface area contributed by atoms with Crippen molar-refractivity contribution in [2.45, 2.75) is 31.9 Å². The van der Waals surface area contributed by atoms with Gasteiger partial charge >= 0.3 is 0 Å². The summed E-state index contributed by atoms with van der Waals surface area (Å²) in [6.45, 7) is 1.34. The third kappa shape index (κ3) is 4.79. The Morgan fingerprint density at radius 2 is 2.03 bits per heavy atom. The largest absolute Gasteiger partial charge is 0.493 e. The van der Waals surface area contributed by atoms with E-state index >= 15 is 0 Å². The molecule has 3 aromatic heterocycles. The lowest BCUT2D eigenvalue weighted by atomic mass is 10.1. The van der Waals surface area contributed by atoms with Crippen molar-refractivity contribution in [3.8, 4) is 11.5 Å². The number of hydrogen-bond donors (Lipinski definition) is 2. The molecule has 1 fully saturated rings. The molecule has 10 heteroatoms. The van der Waals surface area contributed by atoms with E-state index in [1.165, 1.54) is 10.5 Å². The molecule has 1 atom stereocenters. The lowest BCUT2D eigenvalue weighted by Crippen LogP contribution is -2.37. The van der Waals surface area contributed by atoms with Crippen molar-refractivity contribution in [1.82, 2.24) is 19.3 Å². The quantitative estimate of drug-likeness (QED) is 0.356. The first-order valence-corrected chi connectivity index (χ1v) is 12.2. The highest BCUT2D eigenvalue weighted by Crippen LogP contribution is 2.27. The van der Waals surface area contributed by atoms with Crippen molar-refractivity contribution in [3.05, 3.63) is 75.6 Å². The molecule has 0 unspecified atom stereocenters. The van der Waals surface area contributed by atoms with E-state index in [-0.39, 0.29) is 28.1 Å². The summed E-state index contributed by atoms with van der Waals surface area (Å²) in [5.74, 6) is 0.823. The number of methoxy groups -OCH3 is 2. The Balaban J connectivity index is 1.48. The highest BCUT2D eigenvalue weighted by Gasteiger charge is 2.22. The van der Waals surface area contributed by atoms with Crippen LogP contribution < -0.4 is 25.8 Å². The van der Waals surface area contributed by atoms with Gasteiger partial charge in [0, 0.05) is 19.3 Å². The van der Waals surface area contributed by atoms with Crippen molar-refractivity contribution >= 4 is 22.6 Å². The summed E-state index contributed by atoms with van der Waals surface area (Å²) in [7, 11) is 3.15. The number of carbonyl (C=O) groups excluding carboxylic acids is 1. The minimum Gasteiger partial charge on any atom is -0.493 e. The lowest BCUT2D eigenvalue weighted by Gasteiger charge is -2.17. The van der Waals surface area contributed by atoms with Crippen molar-refractivity contribution in [2.24, 2.45) is 0 Å². The molecule has 4 heterocycles. The van der Waals surface area contributed by atoms with E-state index in [2.05, 4.69) is 10.3 Å². The molecule has 1 aliphatic rings. The molecular formula is C27H29N5O5. The predicted molar refractivity (Wildman–Crippen MR) is 137 cm³/mol. The van der Waals surface area contributed by atoms with E-state index in [4.69, 9.17) is 19.6 Å². The molecule has 0 aliphatic carbocycles. The van der Waals surface area contributed by atoms with E-state index in [1.807, 2.05) is 18.2 Å². The molecule has 1 aliphatic heterocycles. The zero-order valence-electron chi connectivity index (χ0n) is 20.8. The number of nitrogens with one attached hydrogen (secondary N) is 2. The van der Waals surface area contributed by atoms with Crippen LogP contribution in [0.1, 0.15) is 28.8 Å². The number of amides is 1. The van der Waals surface area contributed by atoms with Crippen LogP contribution in [0.15, 0.2) is 53.5 Å². The average molecular weight is 504 g/mol. The van der Waals surface area contributed by atoms with Crippen LogP contribution in [0.2, 0.25) is 0 Å². The zero-order chi connectivity index (χ0) is 25.9. The van der Waals surface area contributed by atoms with Crippen molar-refractivity contribution in [3.63, 3.8) is 0 Å². The number of hydrogen-bond acceptors (Lipinski definition) is 7. The second-order valence-corrected chi connectivity index (χ2v) is 8.93. The Hall–Kier alpha value is -4.18. The second kappa shape index (κ2) is 10.4. The van der Waals surface area contributed by atoms with Gasteiger partial charge in [0.1, 0.15) is 16.8 Å². The van der Waals surface area contributed by atoms with Crippen LogP contribution >= 0.6 is 0 Å². The van der Waals surface area contributed by atoms with Gasteiger partial charge in [0.2, 0.25) is 0 Å². The molecule has 5 rings (SSSR count). The maximum Gasteiger partial charge on any atom is 0.267 e. The van der Waals surface area contributed by atoms with Crippen LogP contribution in [0.4, 0.5) is 0 Å². The second-order valence-electron chi connectivity index (χ2n) is 8.93. The van der Waals surface area contributed by atoms with E-state index in [1.54, 1.807) is 43.2 Å². The molecule has 0 saturated carbocycles. The summed E-state index contributed by atoms with van der Waals surface area (Å²) >= 11 is 0. The number of nitrogens with zero attached hydrogens (tertiary/aromatic N) is 3. The normalized spacial score (nSPS) is 15.2. The Morgan fingerprint density at radius 3 is 2.78 bits per heavy atom. The van der Waals surface area contributed by atoms with E-state index in [0.717, 1.165) is 18.4 Å². The Bertz CT molecular complexity index is 1590. The van der Waals surface area contributed by atoms with Crippen LogP contribution in [-0.2, 0) is 17.7 Å². The Labute approximate surface area is 212 Å². The summed E-state index contributed by atoms with van der Waals surface area (Å²) in [5, 5.41) is 12.0. The predicted octanol–water partition coefficient (Wildman–Crippen LogP) is 2.30. The van der Waals surface area contributed by atoms with Crippen LogP contribution in [0.25, 0.3) is 16.7 Å². The van der Waals surface area contributed by atoms with E-state index < -0.39 is 5.91 Å². The van der Waals surface area contributed by atoms with Crippen LogP contribution in [0.5, 0.6) is 11.5 Å². The molecule has 1 amide bonds. The average Bonchev–Trinajstić information content (AvgIpc) is 3.43. The first-order valence-electron chi connectivity index (χ1n) is 12.2. The monoisotopic (exact) mass is 503 g/mol. The summed E-state index contributed by atoms with van der Waals surface area (Å²) in [4.78, 5) is 31.2. The highest BCUT2D eigenvalue weighted by atomic mass is 16.5. The topological polar surface area (TPSA) is 120 Å². The fourth-order valence-corrected chi connectivity index (χ4v) is 4.68. The Kier molecular flexibility index (Phi) is 6.91. The number of carbonyl (C=O) groups is 1. The van der Waals surface area contributed by atoms with Crippen molar-refractivity contribution < 1.29 is 19.0 Å². The Morgan fingerprint density at radius 1 is 1.19 bits per heavy atom. The van der Waals surface area contributed by atoms with E-state index in [9.17, 15) is 9.59 Å². The zero-order valence-corrected chi connectivity index (χ0v) is 20.8. The third-order valence-electron chi connectivity index (χ3n) is 6.62. The fourth-order valence-electron chi connectivity index (χ4n) is 4.68. The van der Waals surface area contributed by atoms with Gasteiger partial charge < -0.3 is 24.1 Å². The minimum absolute atomic E-state index is 0.00111. The van der Waals surface area contributed by atoms with Crippen molar-refractivity contribution in [2.75, 3.05) is 27.4 Å². The fraction of sp³-hybridized carbons (Fsp3) is 0.333. The maximum atomic E-state index is 13.3. The van der Waals surface area contributed by atoms with E-state index in [0.29, 0.717) is 48.9 Å². The molecule has 1 saturated heterocycles. The van der Waals surface area contributed by atoms with Gasteiger partial charge in [-0.25, -0.2) is 4.98 Å². The molecule has 10 nitrogen and oxygen atoms in total. The first kappa shape index (κ1) is 24.5. The van der Waals surface area contributed by atoms with Gasteiger partial charge in [-0.05, 0) is 55.2 Å². The number of rotatable bonds is 8. The summed E-state index contributed by atoms with van der Waals surface area (Å²) < 4.78 is 19.5. The number of benzene rings is 1. The highest BCUT2D eigenvalue weighted by molar-refractivity contribution is 5.96. The van der Waals surface area contributed by atoms with Gasteiger partial charge in [-0.1, -0.05) is 12.1 Å². The standard InChI is InChI=1S/C27H29N5O5/c1-35-21-9-8-17(14-22(21)36-2)10-11-29-26(33)19-15-20-25(30-23-7-3-4-12-31(23)27(20)34)32(24(19)28)16-18-6-5-13-37-18/h3-4,7-9,12,14-15,18,28H,5-6,10-11,13,16H2,1-2H3,(H,29,33)/t18-/m0/s1. The molecular weight excluding hydrogens is 474 g/mol. The summed E-state index contributed by atoms with van der Waals surface area (Å²) in [6, 6.07) is 12.4. The van der Waals surface area contributed by atoms with Gasteiger partial charge in [-0.2, -0.15) is 0 Å². The molecule has 4 aromatic rings. The SMILES string of the molecule is COc1ccc(CCNC(=O)c2cc3c(=O)n4ccccc4nc3n(C[C@@H]3CCCO3)c2=N)cc1OC. The molecule has 192 valence electrons. The number of ether oxygens (including phenoxy) is 3. The maximum absolute atomic E-state index is 13.3. The van der Waals surface area contributed by atoms with Gasteiger partial charge in [-0.3, -0.25) is 19.4 Å². The summed E-state index contributed by atoms with van der Waals surface area (Å²) in [5.41, 5.74) is 1.64. The molecule has 2 N–H and O–H groups in total. The van der Waals surface area contributed by atoms with Gasteiger partial charge in [0.05, 0.1) is 37.8 Å². The van der Waals surface area contributed by atoms with Crippen LogP contribution in [0.3, 0.4) is 0 Å².